The Morgan fingerprint density at radius 3 is 2.70 bits per heavy atom. The summed E-state index contributed by atoms with van der Waals surface area (Å²) in [5.41, 5.74) is 2.69. The highest BCUT2D eigenvalue weighted by Crippen LogP contribution is 2.18. The summed E-state index contributed by atoms with van der Waals surface area (Å²) in [4.78, 5) is 29.7. The van der Waals surface area contributed by atoms with Gasteiger partial charge in [-0.1, -0.05) is 6.07 Å². The molecule has 2 heterocycles. The number of fused-ring (bicyclic) bond motifs is 1. The van der Waals surface area contributed by atoms with Gasteiger partial charge in [0.25, 0.3) is 11.5 Å². The lowest BCUT2D eigenvalue weighted by Crippen LogP contribution is -2.28. The fraction of sp³-hybridized carbons (Fsp3) is 0.176. The van der Waals surface area contributed by atoms with E-state index in [1.54, 1.807) is 19.1 Å². The monoisotopic (exact) mass is 313 g/mol. The predicted octanol–water partition coefficient (Wildman–Crippen LogP) is 2.54. The van der Waals surface area contributed by atoms with Gasteiger partial charge in [0.05, 0.1) is 0 Å². The highest BCUT2D eigenvalue weighted by molar-refractivity contribution is 5.98. The summed E-state index contributed by atoms with van der Waals surface area (Å²) in [6, 6.07) is 7.93. The van der Waals surface area contributed by atoms with Crippen molar-refractivity contribution in [3.05, 3.63) is 69.0 Å². The van der Waals surface area contributed by atoms with E-state index in [-0.39, 0.29) is 29.5 Å². The summed E-state index contributed by atoms with van der Waals surface area (Å²) in [6.07, 6.45) is 0. The van der Waals surface area contributed by atoms with E-state index in [2.05, 4.69) is 15.3 Å². The zero-order chi connectivity index (χ0) is 16.6. The third-order valence-electron chi connectivity index (χ3n) is 3.78. The van der Waals surface area contributed by atoms with Gasteiger partial charge in [0.1, 0.15) is 11.5 Å². The molecular weight excluding hydrogens is 297 g/mol. The molecule has 3 rings (SSSR count). The number of benzene rings is 1. The minimum Gasteiger partial charge on any atom is -0.350 e. The number of aromatic amines is 2. The van der Waals surface area contributed by atoms with Crippen LogP contribution in [0.1, 0.15) is 27.3 Å². The minimum atomic E-state index is -0.389. The highest BCUT2D eigenvalue weighted by atomic mass is 19.1. The van der Waals surface area contributed by atoms with Gasteiger partial charge in [-0.25, -0.2) is 4.39 Å². The smallest absolute Gasteiger partial charge is 0.268 e. The molecule has 0 spiro atoms. The molecule has 0 bridgehead atoms. The van der Waals surface area contributed by atoms with Crippen molar-refractivity contribution >= 4 is 16.8 Å². The lowest BCUT2D eigenvalue weighted by Gasteiger charge is -2.07. The van der Waals surface area contributed by atoms with E-state index in [1.807, 2.05) is 13.0 Å². The van der Waals surface area contributed by atoms with Gasteiger partial charge in [-0.3, -0.25) is 9.59 Å². The van der Waals surface area contributed by atoms with Crippen molar-refractivity contribution < 1.29 is 9.18 Å². The molecule has 0 unspecified atom stereocenters. The molecular formula is C17H16FN3O2. The molecule has 5 nitrogen and oxygen atoms in total. The molecule has 2 aromatic heterocycles. The Kier molecular flexibility index (Phi) is 3.73. The second kappa shape index (κ2) is 5.72. The van der Waals surface area contributed by atoms with Crippen molar-refractivity contribution in [2.45, 2.75) is 20.4 Å². The van der Waals surface area contributed by atoms with Crippen LogP contribution in [0, 0.1) is 19.7 Å². The number of amides is 1. The van der Waals surface area contributed by atoms with Crippen LogP contribution in [0.3, 0.4) is 0 Å². The SMILES string of the molecule is Cc1cc(C)c(CNC(=O)c2cc3c(F)cccc3[nH]2)c(=O)[nH]1. The molecule has 0 aliphatic heterocycles. The summed E-state index contributed by atoms with van der Waals surface area (Å²) in [6.45, 7) is 3.73. The number of aryl methyl sites for hydroxylation is 2. The second-order valence-electron chi connectivity index (χ2n) is 5.51. The molecule has 0 radical (unpaired) electrons. The maximum absolute atomic E-state index is 13.7. The van der Waals surface area contributed by atoms with E-state index in [1.165, 1.54) is 12.1 Å². The van der Waals surface area contributed by atoms with E-state index < -0.39 is 0 Å². The number of pyridine rings is 1. The third-order valence-corrected chi connectivity index (χ3v) is 3.78. The molecule has 0 fully saturated rings. The van der Waals surface area contributed by atoms with Crippen LogP contribution in [-0.4, -0.2) is 15.9 Å². The molecule has 0 saturated carbocycles. The number of carbonyl (C=O) groups excluding carboxylic acids is 1. The molecule has 0 atom stereocenters. The first-order chi connectivity index (χ1) is 11.0. The quantitative estimate of drug-likeness (QED) is 0.695. The van der Waals surface area contributed by atoms with Crippen LogP contribution in [0.15, 0.2) is 35.1 Å². The third kappa shape index (κ3) is 2.88. The number of nitrogens with one attached hydrogen (secondary N) is 3. The Bertz CT molecular complexity index is 956. The van der Waals surface area contributed by atoms with Crippen LogP contribution >= 0.6 is 0 Å². The largest absolute Gasteiger partial charge is 0.350 e. The van der Waals surface area contributed by atoms with E-state index in [0.29, 0.717) is 16.5 Å². The van der Waals surface area contributed by atoms with Crippen LogP contribution in [-0.2, 0) is 6.54 Å². The number of halogens is 1. The number of hydrogen-bond donors (Lipinski definition) is 3. The van der Waals surface area contributed by atoms with Gasteiger partial charge in [0, 0.05) is 28.7 Å². The fourth-order valence-electron chi connectivity index (χ4n) is 2.61. The van der Waals surface area contributed by atoms with Crippen molar-refractivity contribution in [1.29, 1.82) is 0 Å². The fourth-order valence-corrected chi connectivity index (χ4v) is 2.61. The van der Waals surface area contributed by atoms with Crippen LogP contribution < -0.4 is 10.9 Å². The average molecular weight is 313 g/mol. The molecule has 3 N–H and O–H groups in total. The first-order valence-electron chi connectivity index (χ1n) is 7.20. The van der Waals surface area contributed by atoms with Crippen LogP contribution in [0.4, 0.5) is 4.39 Å². The van der Waals surface area contributed by atoms with E-state index in [4.69, 9.17) is 0 Å². The highest BCUT2D eigenvalue weighted by Gasteiger charge is 2.13. The Balaban J connectivity index is 1.82. The molecule has 6 heteroatoms. The molecule has 23 heavy (non-hydrogen) atoms. The van der Waals surface area contributed by atoms with E-state index in [0.717, 1.165) is 11.3 Å². The molecule has 0 aliphatic rings. The first kappa shape index (κ1) is 15.0. The number of carbonyl (C=O) groups is 1. The van der Waals surface area contributed by atoms with E-state index >= 15 is 0 Å². The molecule has 1 aromatic carbocycles. The predicted molar refractivity (Wildman–Crippen MR) is 86.0 cm³/mol. The first-order valence-corrected chi connectivity index (χ1v) is 7.20. The van der Waals surface area contributed by atoms with Gasteiger partial charge in [0.15, 0.2) is 0 Å². The van der Waals surface area contributed by atoms with Crippen LogP contribution in [0.5, 0.6) is 0 Å². The number of H-pyrrole nitrogens is 2. The zero-order valence-corrected chi connectivity index (χ0v) is 12.8. The number of aromatic nitrogens is 2. The van der Waals surface area contributed by atoms with Crippen molar-refractivity contribution in [1.82, 2.24) is 15.3 Å². The minimum absolute atomic E-state index is 0.109. The normalized spacial score (nSPS) is 10.9. The second-order valence-corrected chi connectivity index (χ2v) is 5.51. The summed E-state index contributed by atoms with van der Waals surface area (Å²) in [5.74, 6) is -0.774. The average Bonchev–Trinajstić information content (AvgIpc) is 2.91. The Hall–Kier alpha value is -2.89. The van der Waals surface area contributed by atoms with Crippen molar-refractivity contribution in [2.24, 2.45) is 0 Å². The van der Waals surface area contributed by atoms with Crippen LogP contribution in [0.2, 0.25) is 0 Å². The maximum atomic E-state index is 13.7. The van der Waals surface area contributed by atoms with Crippen molar-refractivity contribution in [3.8, 4) is 0 Å². The van der Waals surface area contributed by atoms with Gasteiger partial charge in [0.2, 0.25) is 0 Å². The van der Waals surface area contributed by atoms with Gasteiger partial charge >= 0.3 is 0 Å². The Labute approximate surface area is 131 Å². The Morgan fingerprint density at radius 2 is 2.00 bits per heavy atom. The summed E-state index contributed by atoms with van der Waals surface area (Å²) in [5, 5.41) is 3.05. The zero-order valence-electron chi connectivity index (χ0n) is 12.8. The summed E-state index contributed by atoms with van der Waals surface area (Å²) < 4.78 is 13.7. The molecule has 118 valence electrons. The van der Waals surface area contributed by atoms with Crippen molar-refractivity contribution in [2.75, 3.05) is 0 Å². The molecule has 3 aromatic rings. The van der Waals surface area contributed by atoms with E-state index in [9.17, 15) is 14.0 Å². The molecule has 0 aliphatic carbocycles. The molecule has 0 saturated heterocycles. The number of hydrogen-bond acceptors (Lipinski definition) is 2. The van der Waals surface area contributed by atoms with Gasteiger partial charge in [-0.2, -0.15) is 0 Å². The van der Waals surface area contributed by atoms with Gasteiger partial charge < -0.3 is 15.3 Å². The topological polar surface area (TPSA) is 77.8 Å². The summed E-state index contributed by atoms with van der Waals surface area (Å²) in [7, 11) is 0. The van der Waals surface area contributed by atoms with Gasteiger partial charge in [-0.15, -0.1) is 0 Å². The molecule has 1 amide bonds. The van der Waals surface area contributed by atoms with Gasteiger partial charge in [-0.05, 0) is 43.7 Å². The lowest BCUT2D eigenvalue weighted by atomic mass is 10.1. The summed E-state index contributed by atoms with van der Waals surface area (Å²) >= 11 is 0. The lowest BCUT2D eigenvalue weighted by molar-refractivity contribution is 0.0946. The number of rotatable bonds is 3. The van der Waals surface area contributed by atoms with Crippen molar-refractivity contribution in [3.63, 3.8) is 0 Å². The maximum Gasteiger partial charge on any atom is 0.268 e. The van der Waals surface area contributed by atoms with Crippen LogP contribution in [0.25, 0.3) is 10.9 Å². The standard InChI is InChI=1S/C17H16FN3O2/c1-9-6-10(2)20-16(22)12(9)8-19-17(23)15-7-11-13(18)4-3-5-14(11)21-15/h3-7,21H,8H2,1-2H3,(H,19,23)(H,20,22). The Morgan fingerprint density at radius 1 is 1.22 bits per heavy atom.